The third-order valence-corrected chi connectivity index (χ3v) is 6.09. The van der Waals surface area contributed by atoms with Crippen LogP contribution in [0.2, 0.25) is 15.1 Å². The van der Waals surface area contributed by atoms with Crippen LogP contribution in [-0.2, 0) is 9.59 Å². The lowest BCUT2D eigenvalue weighted by molar-refractivity contribution is -0.132. The van der Waals surface area contributed by atoms with Gasteiger partial charge in [0.15, 0.2) is 0 Å². The summed E-state index contributed by atoms with van der Waals surface area (Å²) in [6.45, 7) is 0. The fourth-order valence-electron chi connectivity index (χ4n) is 3.66. The highest BCUT2D eigenvalue weighted by molar-refractivity contribution is 6.52. The van der Waals surface area contributed by atoms with Crippen LogP contribution in [0.25, 0.3) is 5.76 Å². The van der Waals surface area contributed by atoms with Crippen LogP contribution in [0.3, 0.4) is 0 Å². The summed E-state index contributed by atoms with van der Waals surface area (Å²) >= 11 is 18.0. The predicted molar refractivity (Wildman–Crippen MR) is 126 cm³/mol. The van der Waals surface area contributed by atoms with Gasteiger partial charge in [-0.15, -0.1) is 0 Å². The maximum atomic E-state index is 13.8. The predicted octanol–water partition coefficient (Wildman–Crippen LogP) is 6.42. The van der Waals surface area contributed by atoms with E-state index in [1.54, 1.807) is 24.3 Å². The highest BCUT2D eigenvalue weighted by atomic mass is 35.5. The molecule has 1 fully saturated rings. The van der Waals surface area contributed by atoms with Crippen LogP contribution in [0.5, 0.6) is 5.75 Å². The standard InChI is InChI=1S/C24H15Cl3FNO4/c1-33-19-10-13(4-8-16(19)26)22(30)20-21(12-2-5-14(25)6-3-12)29(24(32)23(20)31)15-7-9-18(28)17(27)11-15/h2-11,21,30H,1H3/b22-20+. The molecule has 1 saturated heterocycles. The smallest absolute Gasteiger partial charge is 0.300 e. The van der Waals surface area contributed by atoms with Gasteiger partial charge in [0.1, 0.15) is 17.3 Å². The number of benzene rings is 3. The fraction of sp³-hybridized carbons (Fsp3) is 0.0833. The highest BCUT2D eigenvalue weighted by Gasteiger charge is 2.47. The molecule has 1 aliphatic rings. The molecular formula is C24H15Cl3FNO4. The number of carbonyl (C=O) groups is 2. The Kier molecular flexibility index (Phi) is 6.34. The molecule has 168 valence electrons. The first-order chi connectivity index (χ1) is 15.7. The second-order valence-electron chi connectivity index (χ2n) is 7.17. The maximum absolute atomic E-state index is 13.8. The lowest BCUT2D eigenvalue weighted by atomic mass is 9.95. The van der Waals surface area contributed by atoms with E-state index in [9.17, 15) is 19.1 Å². The number of ketones is 1. The van der Waals surface area contributed by atoms with Crippen molar-refractivity contribution in [2.75, 3.05) is 12.0 Å². The average molecular weight is 507 g/mol. The van der Waals surface area contributed by atoms with Crippen LogP contribution in [0, 0.1) is 5.82 Å². The molecule has 1 N–H and O–H groups in total. The fourth-order valence-corrected chi connectivity index (χ4v) is 4.15. The quantitative estimate of drug-likeness (QED) is 0.252. The zero-order valence-corrected chi connectivity index (χ0v) is 19.2. The molecule has 3 aromatic rings. The molecule has 1 heterocycles. The van der Waals surface area contributed by atoms with Gasteiger partial charge in [0.05, 0.1) is 28.8 Å². The summed E-state index contributed by atoms with van der Waals surface area (Å²) in [6.07, 6.45) is 0. The number of carbonyl (C=O) groups excluding carboxylic acids is 2. The van der Waals surface area contributed by atoms with Crippen LogP contribution in [0.4, 0.5) is 10.1 Å². The molecule has 0 saturated carbocycles. The minimum Gasteiger partial charge on any atom is -0.507 e. The van der Waals surface area contributed by atoms with Gasteiger partial charge >= 0.3 is 0 Å². The SMILES string of the molecule is COc1cc(/C(O)=C2\C(=O)C(=O)N(c3ccc(F)c(Cl)c3)C2c2ccc(Cl)cc2)ccc1Cl. The van der Waals surface area contributed by atoms with Crippen molar-refractivity contribution in [1.82, 2.24) is 0 Å². The Morgan fingerprint density at radius 3 is 2.30 bits per heavy atom. The van der Waals surface area contributed by atoms with E-state index >= 15 is 0 Å². The molecule has 33 heavy (non-hydrogen) atoms. The van der Waals surface area contributed by atoms with Crippen molar-refractivity contribution in [1.29, 1.82) is 0 Å². The monoisotopic (exact) mass is 505 g/mol. The Labute approximate surface area is 203 Å². The first kappa shape index (κ1) is 23.1. The van der Waals surface area contributed by atoms with Crippen molar-refractivity contribution in [2.45, 2.75) is 6.04 Å². The summed E-state index contributed by atoms with van der Waals surface area (Å²) in [4.78, 5) is 27.4. The molecular weight excluding hydrogens is 492 g/mol. The Morgan fingerprint density at radius 1 is 0.970 bits per heavy atom. The largest absolute Gasteiger partial charge is 0.507 e. The first-order valence-corrected chi connectivity index (χ1v) is 10.7. The molecule has 0 spiro atoms. The third-order valence-electron chi connectivity index (χ3n) is 5.24. The number of hydrogen-bond donors (Lipinski definition) is 1. The minimum atomic E-state index is -1.02. The number of rotatable bonds is 4. The van der Waals surface area contributed by atoms with E-state index < -0.39 is 29.3 Å². The van der Waals surface area contributed by atoms with E-state index in [-0.39, 0.29) is 27.6 Å². The van der Waals surface area contributed by atoms with Crippen LogP contribution >= 0.6 is 34.8 Å². The Balaban J connectivity index is 1.95. The molecule has 0 radical (unpaired) electrons. The lowest BCUT2D eigenvalue weighted by Crippen LogP contribution is -2.29. The van der Waals surface area contributed by atoms with E-state index in [1.807, 2.05) is 0 Å². The van der Waals surface area contributed by atoms with Crippen molar-refractivity contribution >= 4 is 57.9 Å². The molecule has 1 atom stereocenters. The summed E-state index contributed by atoms with van der Waals surface area (Å²) in [5.74, 6) is -2.63. The number of Topliss-reactive ketones (excluding diaryl/α,β-unsaturated/α-hetero) is 1. The molecule has 4 rings (SSSR count). The number of ether oxygens (including phenoxy) is 1. The molecule has 1 amide bonds. The van der Waals surface area contributed by atoms with Gasteiger partial charge in [0.25, 0.3) is 11.7 Å². The molecule has 1 aliphatic heterocycles. The van der Waals surface area contributed by atoms with Crippen LogP contribution in [0.1, 0.15) is 17.2 Å². The zero-order valence-electron chi connectivity index (χ0n) is 17.0. The molecule has 0 aliphatic carbocycles. The van der Waals surface area contributed by atoms with E-state index in [4.69, 9.17) is 39.5 Å². The topological polar surface area (TPSA) is 66.8 Å². The summed E-state index contributed by atoms with van der Waals surface area (Å²) in [6, 6.07) is 13.6. The summed E-state index contributed by atoms with van der Waals surface area (Å²) < 4.78 is 19.0. The molecule has 0 aromatic heterocycles. The second-order valence-corrected chi connectivity index (χ2v) is 8.42. The Morgan fingerprint density at radius 2 is 1.67 bits per heavy atom. The van der Waals surface area contributed by atoms with Crippen LogP contribution < -0.4 is 9.64 Å². The van der Waals surface area contributed by atoms with Crippen molar-refractivity contribution in [2.24, 2.45) is 0 Å². The van der Waals surface area contributed by atoms with E-state index in [1.165, 1.54) is 37.4 Å². The van der Waals surface area contributed by atoms with Crippen LogP contribution in [-0.4, -0.2) is 23.9 Å². The van der Waals surface area contributed by atoms with Crippen molar-refractivity contribution in [3.05, 3.63) is 98.2 Å². The van der Waals surface area contributed by atoms with Gasteiger partial charge in [-0.3, -0.25) is 14.5 Å². The molecule has 5 nitrogen and oxygen atoms in total. The first-order valence-electron chi connectivity index (χ1n) is 9.58. The molecule has 1 unspecified atom stereocenters. The Bertz CT molecular complexity index is 1310. The van der Waals surface area contributed by atoms with Gasteiger partial charge in [0.2, 0.25) is 0 Å². The number of nitrogens with zero attached hydrogens (tertiary/aromatic N) is 1. The van der Waals surface area contributed by atoms with Crippen molar-refractivity contribution in [3.63, 3.8) is 0 Å². The van der Waals surface area contributed by atoms with Gasteiger partial charge in [-0.05, 0) is 54.1 Å². The number of anilines is 1. The number of methoxy groups -OCH3 is 1. The summed E-state index contributed by atoms with van der Waals surface area (Å²) in [5, 5.41) is 11.7. The maximum Gasteiger partial charge on any atom is 0.300 e. The minimum absolute atomic E-state index is 0.160. The number of halogens is 4. The van der Waals surface area contributed by atoms with Gasteiger partial charge in [-0.1, -0.05) is 46.9 Å². The molecule has 0 bridgehead atoms. The lowest BCUT2D eigenvalue weighted by Gasteiger charge is -2.25. The average Bonchev–Trinajstić information content (AvgIpc) is 3.06. The summed E-state index contributed by atoms with van der Waals surface area (Å²) in [5.41, 5.74) is 0.759. The summed E-state index contributed by atoms with van der Waals surface area (Å²) in [7, 11) is 1.41. The van der Waals surface area contributed by atoms with E-state index in [2.05, 4.69) is 0 Å². The van der Waals surface area contributed by atoms with E-state index in [0.29, 0.717) is 15.6 Å². The van der Waals surface area contributed by atoms with Crippen molar-refractivity contribution < 1.29 is 23.8 Å². The van der Waals surface area contributed by atoms with Crippen molar-refractivity contribution in [3.8, 4) is 5.75 Å². The third kappa shape index (κ3) is 4.17. The van der Waals surface area contributed by atoms with Gasteiger partial charge in [0, 0.05) is 16.3 Å². The van der Waals surface area contributed by atoms with Crippen LogP contribution in [0.15, 0.2) is 66.2 Å². The molecule has 3 aromatic carbocycles. The highest BCUT2D eigenvalue weighted by Crippen LogP contribution is 2.43. The number of aliphatic hydroxyl groups excluding tert-OH is 1. The van der Waals surface area contributed by atoms with Gasteiger partial charge in [-0.25, -0.2) is 4.39 Å². The van der Waals surface area contributed by atoms with Gasteiger partial charge < -0.3 is 9.84 Å². The zero-order chi connectivity index (χ0) is 23.9. The van der Waals surface area contributed by atoms with Gasteiger partial charge in [-0.2, -0.15) is 0 Å². The van der Waals surface area contributed by atoms with E-state index in [0.717, 1.165) is 11.0 Å². The second kappa shape index (κ2) is 9.06. The number of amides is 1. The molecule has 9 heteroatoms. The normalized spacial score (nSPS) is 17.5. The number of aliphatic hydroxyl groups is 1. The Hall–Kier alpha value is -3.06. The number of hydrogen-bond acceptors (Lipinski definition) is 4.